The molecule has 2 nitrogen and oxygen atoms in total. The summed E-state index contributed by atoms with van der Waals surface area (Å²) in [5.74, 6) is -0.558. The van der Waals surface area contributed by atoms with E-state index >= 15 is 0 Å². The van der Waals surface area contributed by atoms with E-state index in [-0.39, 0.29) is 23.3 Å². The van der Waals surface area contributed by atoms with Crippen molar-refractivity contribution >= 4 is 0 Å². The lowest BCUT2D eigenvalue weighted by molar-refractivity contribution is 0.431. The fraction of sp³-hybridized carbons (Fsp3) is 0.182. The second-order valence-corrected chi connectivity index (χ2v) is 6.74. The van der Waals surface area contributed by atoms with Gasteiger partial charge in [-0.15, -0.1) is 0 Å². The van der Waals surface area contributed by atoms with E-state index in [1.807, 2.05) is 31.2 Å². The van der Waals surface area contributed by atoms with Crippen LogP contribution in [0.5, 0.6) is 11.5 Å². The van der Waals surface area contributed by atoms with Gasteiger partial charge in [-0.3, -0.25) is 0 Å². The van der Waals surface area contributed by atoms with E-state index < -0.39 is 5.82 Å². The lowest BCUT2D eigenvalue weighted by Crippen LogP contribution is -2.08. The number of benzene rings is 3. The first-order valence-corrected chi connectivity index (χ1v) is 8.40. The Morgan fingerprint density at radius 3 is 2.40 bits per heavy atom. The Labute approximate surface area is 146 Å². The third kappa shape index (κ3) is 2.66. The number of hydrogen-bond donors (Lipinski definition) is 2. The quantitative estimate of drug-likeness (QED) is 0.691. The van der Waals surface area contributed by atoms with Crippen molar-refractivity contribution in [1.82, 2.24) is 0 Å². The van der Waals surface area contributed by atoms with Crippen LogP contribution in [0.25, 0.3) is 0 Å². The van der Waals surface area contributed by atoms with Crippen molar-refractivity contribution in [3.8, 4) is 11.5 Å². The van der Waals surface area contributed by atoms with E-state index in [0.29, 0.717) is 0 Å². The SMILES string of the molecule is Cc1cc(O)cc2c1CC(c1ccc(O)c(F)c1)C2c1ccccc1. The third-order valence-corrected chi connectivity index (χ3v) is 5.21. The van der Waals surface area contributed by atoms with Gasteiger partial charge in [0.15, 0.2) is 11.6 Å². The summed E-state index contributed by atoms with van der Waals surface area (Å²) in [5, 5.41) is 19.6. The zero-order valence-electron chi connectivity index (χ0n) is 13.9. The molecular weight excluding hydrogens is 315 g/mol. The number of halogens is 1. The van der Waals surface area contributed by atoms with Crippen LogP contribution in [0.4, 0.5) is 4.39 Å². The van der Waals surface area contributed by atoms with Gasteiger partial charge in [0.05, 0.1) is 0 Å². The van der Waals surface area contributed by atoms with Crippen LogP contribution in [0.2, 0.25) is 0 Å². The standard InChI is InChI=1S/C22H19FO2/c1-13-9-16(24)11-19-17(13)12-18(15-7-8-21(25)20(23)10-15)22(19)14-5-3-2-4-6-14/h2-11,18,22,24-25H,12H2,1H3. The molecule has 0 aromatic heterocycles. The Morgan fingerprint density at radius 1 is 0.920 bits per heavy atom. The molecule has 0 aliphatic heterocycles. The van der Waals surface area contributed by atoms with Gasteiger partial charge in [-0.05, 0) is 71.3 Å². The number of aryl methyl sites for hydroxylation is 1. The number of phenols is 2. The zero-order chi connectivity index (χ0) is 17.6. The minimum atomic E-state index is -0.597. The van der Waals surface area contributed by atoms with Crippen LogP contribution >= 0.6 is 0 Å². The van der Waals surface area contributed by atoms with Crippen molar-refractivity contribution in [2.24, 2.45) is 0 Å². The first-order valence-electron chi connectivity index (χ1n) is 8.40. The molecule has 0 amide bonds. The number of aromatic hydroxyl groups is 2. The summed E-state index contributed by atoms with van der Waals surface area (Å²) in [6, 6.07) is 18.4. The molecule has 0 spiro atoms. The van der Waals surface area contributed by atoms with Crippen molar-refractivity contribution in [2.45, 2.75) is 25.2 Å². The van der Waals surface area contributed by atoms with Gasteiger partial charge in [0.1, 0.15) is 5.75 Å². The van der Waals surface area contributed by atoms with Crippen molar-refractivity contribution in [3.05, 3.63) is 94.3 Å². The molecule has 3 aromatic rings. The molecular formula is C22H19FO2. The minimum absolute atomic E-state index is 0.0472. The summed E-state index contributed by atoms with van der Waals surface area (Å²) < 4.78 is 13.9. The van der Waals surface area contributed by atoms with Crippen molar-refractivity contribution in [1.29, 1.82) is 0 Å². The van der Waals surface area contributed by atoms with Crippen molar-refractivity contribution in [2.75, 3.05) is 0 Å². The summed E-state index contributed by atoms with van der Waals surface area (Å²) in [4.78, 5) is 0. The monoisotopic (exact) mass is 334 g/mol. The molecule has 2 atom stereocenters. The van der Waals surface area contributed by atoms with Crippen LogP contribution in [0.1, 0.15) is 39.7 Å². The number of fused-ring (bicyclic) bond motifs is 1. The molecule has 126 valence electrons. The predicted molar refractivity (Wildman–Crippen MR) is 95.6 cm³/mol. The van der Waals surface area contributed by atoms with E-state index in [0.717, 1.165) is 28.7 Å². The van der Waals surface area contributed by atoms with Crippen LogP contribution in [0.15, 0.2) is 60.7 Å². The van der Waals surface area contributed by atoms with Crippen molar-refractivity contribution in [3.63, 3.8) is 0 Å². The summed E-state index contributed by atoms with van der Waals surface area (Å²) in [6.45, 7) is 2.00. The molecule has 0 radical (unpaired) electrons. The highest BCUT2D eigenvalue weighted by atomic mass is 19.1. The molecule has 1 aliphatic carbocycles. The van der Waals surface area contributed by atoms with E-state index in [9.17, 15) is 14.6 Å². The van der Waals surface area contributed by atoms with Gasteiger partial charge < -0.3 is 10.2 Å². The average molecular weight is 334 g/mol. The third-order valence-electron chi connectivity index (χ3n) is 5.21. The summed E-state index contributed by atoms with van der Waals surface area (Å²) in [5.41, 5.74) is 5.37. The second-order valence-electron chi connectivity index (χ2n) is 6.74. The van der Waals surface area contributed by atoms with Gasteiger partial charge in [-0.1, -0.05) is 36.4 Å². The van der Waals surface area contributed by atoms with Gasteiger partial charge in [-0.2, -0.15) is 0 Å². The fourth-order valence-corrected chi connectivity index (χ4v) is 4.07. The molecule has 1 aliphatic rings. The first-order chi connectivity index (χ1) is 12.0. The van der Waals surface area contributed by atoms with Gasteiger partial charge in [-0.25, -0.2) is 4.39 Å². The summed E-state index contributed by atoms with van der Waals surface area (Å²) in [7, 11) is 0. The van der Waals surface area contributed by atoms with E-state index in [1.165, 1.54) is 17.7 Å². The number of rotatable bonds is 2. The van der Waals surface area contributed by atoms with Crippen LogP contribution < -0.4 is 0 Å². The largest absolute Gasteiger partial charge is 0.508 e. The Bertz CT molecular complexity index is 934. The van der Waals surface area contributed by atoms with Crippen LogP contribution in [0, 0.1) is 12.7 Å². The summed E-state index contributed by atoms with van der Waals surface area (Å²) >= 11 is 0. The van der Waals surface area contributed by atoms with Crippen LogP contribution in [-0.2, 0) is 6.42 Å². The van der Waals surface area contributed by atoms with Gasteiger partial charge in [0.2, 0.25) is 0 Å². The highest BCUT2D eigenvalue weighted by Crippen LogP contribution is 2.50. The van der Waals surface area contributed by atoms with Gasteiger partial charge in [0, 0.05) is 5.92 Å². The Kier molecular flexibility index (Phi) is 3.72. The minimum Gasteiger partial charge on any atom is -0.508 e. The van der Waals surface area contributed by atoms with Crippen LogP contribution in [0.3, 0.4) is 0 Å². The lowest BCUT2D eigenvalue weighted by Gasteiger charge is -2.22. The Morgan fingerprint density at radius 2 is 1.68 bits per heavy atom. The maximum absolute atomic E-state index is 13.9. The summed E-state index contributed by atoms with van der Waals surface area (Å²) in [6.07, 6.45) is 0.783. The van der Waals surface area contributed by atoms with E-state index in [2.05, 4.69) is 12.1 Å². The first kappa shape index (κ1) is 15.7. The van der Waals surface area contributed by atoms with E-state index in [1.54, 1.807) is 12.1 Å². The molecule has 0 saturated carbocycles. The Hall–Kier alpha value is -2.81. The zero-order valence-corrected chi connectivity index (χ0v) is 13.9. The second kappa shape index (κ2) is 5.92. The molecule has 0 fully saturated rings. The average Bonchev–Trinajstić information content (AvgIpc) is 2.98. The normalized spacial score (nSPS) is 19.0. The molecule has 3 heteroatoms. The highest BCUT2D eigenvalue weighted by molar-refractivity contribution is 5.53. The molecule has 0 saturated heterocycles. The maximum Gasteiger partial charge on any atom is 0.165 e. The van der Waals surface area contributed by atoms with Gasteiger partial charge >= 0.3 is 0 Å². The topological polar surface area (TPSA) is 40.5 Å². The molecule has 2 N–H and O–H groups in total. The maximum atomic E-state index is 13.9. The number of phenolic OH excluding ortho intramolecular Hbond substituents is 2. The highest BCUT2D eigenvalue weighted by Gasteiger charge is 2.36. The van der Waals surface area contributed by atoms with Crippen LogP contribution in [-0.4, -0.2) is 10.2 Å². The van der Waals surface area contributed by atoms with Crippen molar-refractivity contribution < 1.29 is 14.6 Å². The van der Waals surface area contributed by atoms with E-state index in [4.69, 9.17) is 0 Å². The molecule has 4 rings (SSSR count). The molecule has 2 unspecified atom stereocenters. The van der Waals surface area contributed by atoms with Gasteiger partial charge in [0.25, 0.3) is 0 Å². The molecule has 0 heterocycles. The lowest BCUT2D eigenvalue weighted by atomic mass is 9.82. The fourth-order valence-electron chi connectivity index (χ4n) is 4.07. The number of hydrogen-bond acceptors (Lipinski definition) is 2. The predicted octanol–water partition coefficient (Wildman–Crippen LogP) is 5.02. The molecule has 0 bridgehead atoms. The molecule has 25 heavy (non-hydrogen) atoms. The smallest absolute Gasteiger partial charge is 0.165 e. The molecule has 3 aromatic carbocycles. The Balaban J connectivity index is 1.89.